The first kappa shape index (κ1) is 10.4. The molecule has 0 bridgehead atoms. The smallest absolute Gasteiger partial charge is 0.376 e. The van der Waals surface area contributed by atoms with E-state index < -0.39 is 6.72 Å². The molecule has 0 aromatic heterocycles. The number of rotatable bonds is 2. The Kier molecular flexibility index (Phi) is 3.84. The highest BCUT2D eigenvalue weighted by atomic mass is 35.5. The lowest BCUT2D eigenvalue weighted by Crippen LogP contribution is -1.84. The van der Waals surface area contributed by atoms with Crippen molar-refractivity contribution in [2.45, 2.75) is 13.8 Å². The highest BCUT2D eigenvalue weighted by molar-refractivity contribution is 8.06. The van der Waals surface area contributed by atoms with Crippen LogP contribution in [-0.4, -0.2) is 9.79 Å². The molecule has 2 N–H and O–H groups in total. The predicted molar refractivity (Wildman–Crippen MR) is 44.0 cm³/mol. The van der Waals surface area contributed by atoms with Gasteiger partial charge >= 0.3 is 6.72 Å². The molecule has 0 saturated carbocycles. The van der Waals surface area contributed by atoms with Crippen molar-refractivity contribution in [1.82, 2.24) is 0 Å². The molecule has 3 nitrogen and oxygen atoms in total. The lowest BCUT2D eigenvalue weighted by atomic mass is 10.4. The maximum Gasteiger partial charge on any atom is 0.376 e. The number of hydrogen-bond acceptors (Lipinski definition) is 2. The maximum atomic E-state index is 8.58. The third-order valence-corrected chi connectivity index (χ3v) is 1.80. The summed E-state index contributed by atoms with van der Waals surface area (Å²) < 4.78 is 4.38. The SMILES string of the molecule is CC(C)=C(Cl)OP(O)(O)=S. The molecule has 0 fully saturated rings. The van der Waals surface area contributed by atoms with Gasteiger partial charge in [0, 0.05) is 11.8 Å². The Morgan fingerprint density at radius 1 is 1.50 bits per heavy atom. The van der Waals surface area contributed by atoms with E-state index in [1.54, 1.807) is 13.8 Å². The van der Waals surface area contributed by atoms with Gasteiger partial charge in [-0.2, -0.15) is 0 Å². The van der Waals surface area contributed by atoms with Crippen molar-refractivity contribution in [1.29, 1.82) is 0 Å². The minimum atomic E-state index is -3.63. The average Bonchev–Trinajstić information content (AvgIpc) is 1.60. The molecule has 0 rings (SSSR count). The molecular formula is C4H8ClO3PS. The second-order valence-corrected chi connectivity index (χ2v) is 4.79. The van der Waals surface area contributed by atoms with E-state index in [1.807, 2.05) is 0 Å². The largest absolute Gasteiger partial charge is 0.413 e. The Labute approximate surface area is 69.5 Å². The molecule has 0 amide bonds. The van der Waals surface area contributed by atoms with Gasteiger partial charge in [0.15, 0.2) is 5.22 Å². The van der Waals surface area contributed by atoms with Crippen molar-refractivity contribution in [3.8, 4) is 0 Å². The molecule has 0 spiro atoms. The number of halogens is 1. The fraction of sp³-hybridized carbons (Fsp3) is 0.500. The fourth-order valence-electron chi connectivity index (χ4n) is 0.196. The van der Waals surface area contributed by atoms with Crippen molar-refractivity contribution in [2.24, 2.45) is 0 Å². The summed E-state index contributed by atoms with van der Waals surface area (Å²) in [4.78, 5) is 17.2. The highest BCUT2D eigenvalue weighted by Gasteiger charge is 2.10. The van der Waals surface area contributed by atoms with Crippen LogP contribution in [0.25, 0.3) is 0 Å². The van der Waals surface area contributed by atoms with Crippen LogP contribution in [0.15, 0.2) is 10.8 Å². The van der Waals surface area contributed by atoms with Crippen molar-refractivity contribution in [2.75, 3.05) is 0 Å². The van der Waals surface area contributed by atoms with Gasteiger partial charge in [0.25, 0.3) is 0 Å². The molecule has 6 heteroatoms. The predicted octanol–water partition coefficient (Wildman–Crippen LogP) is 1.70. The first-order valence-corrected chi connectivity index (χ1v) is 5.41. The van der Waals surface area contributed by atoms with Gasteiger partial charge in [-0.1, -0.05) is 0 Å². The van der Waals surface area contributed by atoms with Crippen molar-refractivity contribution >= 4 is 30.1 Å². The topological polar surface area (TPSA) is 49.7 Å². The van der Waals surface area contributed by atoms with Gasteiger partial charge in [0.05, 0.1) is 0 Å². The molecule has 0 aliphatic rings. The average molecular weight is 203 g/mol. The monoisotopic (exact) mass is 202 g/mol. The van der Waals surface area contributed by atoms with E-state index in [9.17, 15) is 0 Å². The van der Waals surface area contributed by atoms with E-state index >= 15 is 0 Å². The van der Waals surface area contributed by atoms with Gasteiger partial charge in [0.1, 0.15) is 0 Å². The standard InChI is InChI=1S/C4H8ClO3PS/c1-3(2)4(5)8-9(6,7)10/h1-2H3,(H2,6,7,10). The van der Waals surface area contributed by atoms with Gasteiger partial charge in [-0.3, -0.25) is 0 Å². The van der Waals surface area contributed by atoms with E-state index in [-0.39, 0.29) is 5.22 Å². The minimum absolute atomic E-state index is 0.0478. The van der Waals surface area contributed by atoms with Crippen LogP contribution in [-0.2, 0) is 16.3 Å². The summed E-state index contributed by atoms with van der Waals surface area (Å²) in [6.45, 7) is -0.284. The summed E-state index contributed by atoms with van der Waals surface area (Å²) in [6, 6.07) is 0. The van der Waals surface area contributed by atoms with Crippen LogP contribution in [0.2, 0.25) is 0 Å². The summed E-state index contributed by atoms with van der Waals surface area (Å²) in [5.74, 6) is 0. The second kappa shape index (κ2) is 3.69. The lowest BCUT2D eigenvalue weighted by molar-refractivity contribution is 0.328. The van der Waals surface area contributed by atoms with Gasteiger partial charge in [-0.25, -0.2) is 0 Å². The lowest BCUT2D eigenvalue weighted by Gasteiger charge is -2.08. The first-order chi connectivity index (χ1) is 4.33. The Bertz CT molecular complexity index is 193. The second-order valence-electron chi connectivity index (χ2n) is 1.86. The molecule has 0 aromatic carbocycles. The van der Waals surface area contributed by atoms with E-state index in [4.69, 9.17) is 21.4 Å². The fourth-order valence-corrected chi connectivity index (χ4v) is 1.22. The Hall–Kier alpha value is 0.400. The maximum absolute atomic E-state index is 8.58. The summed E-state index contributed by atoms with van der Waals surface area (Å²) in [6.07, 6.45) is 0. The number of hydrogen-bond donors (Lipinski definition) is 2. The van der Waals surface area contributed by atoms with Gasteiger partial charge in [0.2, 0.25) is 0 Å². The third kappa shape index (κ3) is 5.21. The molecule has 0 aromatic rings. The Morgan fingerprint density at radius 3 is 2.00 bits per heavy atom. The third-order valence-electron chi connectivity index (χ3n) is 0.592. The van der Waals surface area contributed by atoms with Crippen LogP contribution < -0.4 is 0 Å². The van der Waals surface area contributed by atoms with E-state index in [0.29, 0.717) is 5.57 Å². The number of allylic oxidation sites excluding steroid dienone is 1. The quantitative estimate of drug-likeness (QED) is 0.529. The first-order valence-electron chi connectivity index (χ1n) is 2.41. The minimum Gasteiger partial charge on any atom is -0.413 e. The summed E-state index contributed by atoms with van der Waals surface area (Å²) >= 11 is 9.56. The molecule has 60 valence electrons. The van der Waals surface area contributed by atoms with Crippen molar-refractivity contribution in [3.63, 3.8) is 0 Å². The summed E-state index contributed by atoms with van der Waals surface area (Å²) in [5, 5.41) is -0.0478. The van der Waals surface area contributed by atoms with Crippen LogP contribution in [0.5, 0.6) is 0 Å². The van der Waals surface area contributed by atoms with E-state index in [2.05, 4.69) is 16.3 Å². The summed E-state index contributed by atoms with van der Waals surface area (Å²) in [5.41, 5.74) is 0.652. The zero-order chi connectivity index (χ0) is 8.36. The molecule has 0 aliphatic heterocycles. The highest BCUT2D eigenvalue weighted by Crippen LogP contribution is 2.41. The Morgan fingerprint density at radius 2 is 1.90 bits per heavy atom. The van der Waals surface area contributed by atoms with Gasteiger partial charge in [-0.15, -0.1) is 0 Å². The molecule has 0 aliphatic carbocycles. The molecule has 0 heterocycles. The van der Waals surface area contributed by atoms with Crippen molar-refractivity contribution in [3.05, 3.63) is 10.8 Å². The molecular weight excluding hydrogens is 195 g/mol. The Balaban J connectivity index is 4.20. The van der Waals surface area contributed by atoms with Gasteiger partial charge < -0.3 is 14.3 Å². The van der Waals surface area contributed by atoms with Crippen LogP contribution in [0.4, 0.5) is 0 Å². The van der Waals surface area contributed by atoms with Crippen LogP contribution in [0.1, 0.15) is 13.8 Å². The van der Waals surface area contributed by atoms with E-state index in [1.165, 1.54) is 0 Å². The summed E-state index contributed by atoms with van der Waals surface area (Å²) in [7, 11) is 0. The molecule has 0 saturated heterocycles. The van der Waals surface area contributed by atoms with Crippen LogP contribution >= 0.6 is 18.3 Å². The zero-order valence-electron chi connectivity index (χ0n) is 5.54. The molecule has 10 heavy (non-hydrogen) atoms. The van der Waals surface area contributed by atoms with Crippen LogP contribution in [0, 0.1) is 0 Å². The normalized spacial score (nSPS) is 10.9. The van der Waals surface area contributed by atoms with Crippen LogP contribution in [0.3, 0.4) is 0 Å². The zero-order valence-corrected chi connectivity index (χ0v) is 8.00. The molecule has 0 atom stereocenters. The van der Waals surface area contributed by atoms with E-state index in [0.717, 1.165) is 0 Å². The van der Waals surface area contributed by atoms with Gasteiger partial charge in [-0.05, 0) is 31.0 Å². The molecule has 0 unspecified atom stereocenters. The molecule has 0 radical (unpaired) electrons. The van der Waals surface area contributed by atoms with Crippen molar-refractivity contribution < 1.29 is 14.3 Å².